The van der Waals surface area contributed by atoms with Gasteiger partial charge in [0.25, 0.3) is 0 Å². The van der Waals surface area contributed by atoms with Crippen LogP contribution in [0.3, 0.4) is 0 Å². The maximum Gasteiger partial charge on any atom is 0.344 e. The lowest BCUT2D eigenvalue weighted by Crippen LogP contribution is -2.39. The fourth-order valence-corrected chi connectivity index (χ4v) is 8.72. The Bertz CT molecular complexity index is 631. The Kier molecular flexibility index (Phi) is 4.68. The Morgan fingerprint density at radius 3 is 2.74 bits per heavy atom. The zero-order valence-electron chi connectivity index (χ0n) is 12.9. The molecule has 3 saturated heterocycles. The van der Waals surface area contributed by atoms with E-state index in [9.17, 15) is 18.0 Å². The monoisotopic (exact) mass is 474 g/mol. The van der Waals surface area contributed by atoms with Crippen LogP contribution < -0.4 is 0 Å². The highest BCUT2D eigenvalue weighted by molar-refractivity contribution is 14.1. The predicted molar refractivity (Wildman–Crippen MR) is 94.4 cm³/mol. The number of sulfone groups is 1. The Morgan fingerprint density at radius 2 is 2.09 bits per heavy atom. The SMILES string of the molecule is CCC(C)(I)C(=O)OCC(=O)OC1C2CC3C(S2)C1CS3(=O)=O. The lowest BCUT2D eigenvalue weighted by atomic mass is 9.88. The summed E-state index contributed by atoms with van der Waals surface area (Å²) in [5, 5.41) is -0.153. The van der Waals surface area contributed by atoms with E-state index in [2.05, 4.69) is 0 Å². The van der Waals surface area contributed by atoms with Gasteiger partial charge in [0.05, 0.1) is 11.0 Å². The van der Waals surface area contributed by atoms with E-state index in [0.717, 1.165) is 0 Å². The second kappa shape index (κ2) is 6.05. The summed E-state index contributed by atoms with van der Waals surface area (Å²) in [4.78, 5) is 23.8. The van der Waals surface area contributed by atoms with Gasteiger partial charge in [0.1, 0.15) is 9.53 Å². The summed E-state index contributed by atoms with van der Waals surface area (Å²) in [6, 6.07) is 0. The standard InChI is InChI=1S/C14H19IO6S2/c1-3-14(2,15)13(17)20-5-10(16)21-11-7-6-23(18,19)9-4-8(11)22-12(7)9/h7-9,11-12H,3-6H2,1-2H3. The van der Waals surface area contributed by atoms with Gasteiger partial charge >= 0.3 is 11.9 Å². The van der Waals surface area contributed by atoms with E-state index in [1.807, 2.05) is 29.5 Å². The molecule has 0 radical (unpaired) electrons. The number of fused-ring (bicyclic) bond motifs is 1. The summed E-state index contributed by atoms with van der Waals surface area (Å²) in [6.45, 7) is 3.20. The van der Waals surface area contributed by atoms with Gasteiger partial charge in [0.15, 0.2) is 16.4 Å². The fourth-order valence-electron chi connectivity index (χ4n) is 3.46. The highest BCUT2D eigenvalue weighted by Gasteiger charge is 2.64. The molecule has 3 heterocycles. The molecule has 130 valence electrons. The van der Waals surface area contributed by atoms with Gasteiger partial charge in [-0.15, -0.1) is 11.8 Å². The molecule has 6 nitrogen and oxygen atoms in total. The van der Waals surface area contributed by atoms with Gasteiger partial charge in [0.2, 0.25) is 0 Å². The first-order valence-electron chi connectivity index (χ1n) is 7.58. The minimum atomic E-state index is -3.05. The summed E-state index contributed by atoms with van der Waals surface area (Å²) >= 11 is 3.63. The number of thioether (sulfide) groups is 1. The van der Waals surface area contributed by atoms with Crippen LogP contribution in [0.4, 0.5) is 0 Å². The van der Waals surface area contributed by atoms with Crippen molar-refractivity contribution in [3.05, 3.63) is 0 Å². The molecule has 3 aliphatic heterocycles. The Labute approximate surface area is 153 Å². The zero-order valence-corrected chi connectivity index (χ0v) is 16.6. The van der Waals surface area contributed by atoms with Gasteiger partial charge in [-0.25, -0.2) is 13.2 Å². The lowest BCUT2D eigenvalue weighted by Gasteiger charge is -2.25. The van der Waals surface area contributed by atoms with Crippen molar-refractivity contribution in [2.75, 3.05) is 12.4 Å². The third-order valence-corrected chi connectivity index (χ3v) is 10.4. The molecule has 6 atom stereocenters. The minimum Gasteiger partial charge on any atom is -0.458 e. The molecule has 2 bridgehead atoms. The van der Waals surface area contributed by atoms with Gasteiger partial charge in [-0.1, -0.05) is 29.5 Å². The predicted octanol–water partition coefficient (Wildman–Crippen LogP) is 1.35. The van der Waals surface area contributed by atoms with Gasteiger partial charge in [0, 0.05) is 16.4 Å². The molecule has 23 heavy (non-hydrogen) atoms. The van der Waals surface area contributed by atoms with Crippen molar-refractivity contribution >= 4 is 56.1 Å². The second-order valence-corrected chi connectivity index (χ2v) is 12.6. The smallest absolute Gasteiger partial charge is 0.344 e. The van der Waals surface area contributed by atoms with Gasteiger partial charge in [-0.3, -0.25) is 4.79 Å². The Balaban J connectivity index is 1.55. The molecular formula is C14H19IO6S2. The van der Waals surface area contributed by atoms with Crippen molar-refractivity contribution in [2.24, 2.45) is 5.92 Å². The van der Waals surface area contributed by atoms with Crippen molar-refractivity contribution in [2.45, 2.75) is 52.0 Å². The topological polar surface area (TPSA) is 86.7 Å². The molecule has 0 amide bonds. The quantitative estimate of drug-likeness (QED) is 0.338. The first kappa shape index (κ1) is 17.8. The lowest BCUT2D eigenvalue weighted by molar-refractivity contribution is -0.164. The van der Waals surface area contributed by atoms with Crippen LogP contribution in [-0.2, 0) is 28.9 Å². The number of rotatable bonds is 5. The van der Waals surface area contributed by atoms with E-state index in [1.165, 1.54) is 0 Å². The van der Waals surface area contributed by atoms with Crippen molar-refractivity contribution in [1.29, 1.82) is 0 Å². The van der Waals surface area contributed by atoms with Crippen LogP contribution in [0.1, 0.15) is 26.7 Å². The molecule has 3 aliphatic rings. The van der Waals surface area contributed by atoms with E-state index in [1.54, 1.807) is 18.7 Å². The number of ether oxygens (including phenoxy) is 2. The third kappa shape index (κ3) is 3.12. The van der Waals surface area contributed by atoms with E-state index in [0.29, 0.717) is 12.8 Å². The van der Waals surface area contributed by atoms with Crippen LogP contribution in [0.15, 0.2) is 0 Å². The van der Waals surface area contributed by atoms with Crippen LogP contribution in [0.25, 0.3) is 0 Å². The Morgan fingerprint density at radius 1 is 1.39 bits per heavy atom. The first-order valence-corrected chi connectivity index (χ1v) is 11.3. The van der Waals surface area contributed by atoms with Crippen molar-refractivity contribution in [3.63, 3.8) is 0 Å². The molecule has 0 aromatic carbocycles. The average Bonchev–Trinajstić information content (AvgIpc) is 3.08. The molecule has 9 heteroatoms. The molecule has 3 fully saturated rings. The van der Waals surface area contributed by atoms with Crippen molar-refractivity contribution in [3.8, 4) is 0 Å². The number of esters is 2. The van der Waals surface area contributed by atoms with Crippen LogP contribution in [-0.4, -0.2) is 58.0 Å². The molecule has 3 rings (SSSR count). The molecule has 6 unspecified atom stereocenters. The summed E-state index contributed by atoms with van der Waals surface area (Å²) in [5.41, 5.74) is 0. The molecule has 0 saturated carbocycles. The molecule has 0 aliphatic carbocycles. The van der Waals surface area contributed by atoms with Crippen molar-refractivity contribution in [1.82, 2.24) is 0 Å². The number of carbonyl (C=O) groups excluding carboxylic acids is 2. The maximum absolute atomic E-state index is 12.0. The normalized spacial score (nSPS) is 39.0. The summed E-state index contributed by atoms with van der Waals surface area (Å²) in [6.07, 6.45) is 0.793. The number of halogens is 1. The molecule has 0 aromatic heterocycles. The van der Waals surface area contributed by atoms with Crippen LogP contribution in [0.5, 0.6) is 0 Å². The number of hydrogen-bond acceptors (Lipinski definition) is 7. The highest BCUT2D eigenvalue weighted by Crippen LogP contribution is 2.57. The average molecular weight is 474 g/mol. The molecule has 0 aromatic rings. The van der Waals surface area contributed by atoms with Crippen molar-refractivity contribution < 1.29 is 27.5 Å². The molecule has 0 spiro atoms. The minimum absolute atomic E-state index is 0.0532. The van der Waals surface area contributed by atoms with Crippen LogP contribution in [0, 0.1) is 5.92 Å². The fraction of sp³-hybridized carbons (Fsp3) is 0.857. The number of carbonyl (C=O) groups is 2. The van der Waals surface area contributed by atoms with Crippen LogP contribution >= 0.6 is 34.4 Å². The van der Waals surface area contributed by atoms with Crippen LogP contribution in [0.2, 0.25) is 0 Å². The van der Waals surface area contributed by atoms with E-state index >= 15 is 0 Å². The van der Waals surface area contributed by atoms with E-state index in [4.69, 9.17) is 9.47 Å². The summed E-state index contributed by atoms with van der Waals surface area (Å²) in [7, 11) is -3.05. The summed E-state index contributed by atoms with van der Waals surface area (Å²) < 4.78 is 33.9. The second-order valence-electron chi connectivity index (χ2n) is 6.49. The summed E-state index contributed by atoms with van der Waals surface area (Å²) in [5.74, 6) is -1.05. The first-order chi connectivity index (χ1) is 10.7. The van der Waals surface area contributed by atoms with E-state index in [-0.39, 0.29) is 33.5 Å². The molecular weight excluding hydrogens is 455 g/mol. The largest absolute Gasteiger partial charge is 0.458 e. The van der Waals surface area contributed by atoms with Gasteiger partial charge in [-0.2, -0.15) is 0 Å². The van der Waals surface area contributed by atoms with Gasteiger partial charge in [-0.05, 0) is 19.8 Å². The Hall–Kier alpha value is -0.0300. The highest BCUT2D eigenvalue weighted by atomic mass is 127. The van der Waals surface area contributed by atoms with E-state index < -0.39 is 31.8 Å². The maximum atomic E-state index is 12.0. The number of hydrogen-bond donors (Lipinski definition) is 0. The zero-order chi connectivity index (χ0) is 17.0. The third-order valence-electron chi connectivity index (χ3n) is 4.94. The van der Waals surface area contributed by atoms with Gasteiger partial charge < -0.3 is 9.47 Å². The number of alkyl halides is 1. The molecule has 0 N–H and O–H groups in total.